The van der Waals surface area contributed by atoms with Gasteiger partial charge in [0.15, 0.2) is 6.17 Å². The summed E-state index contributed by atoms with van der Waals surface area (Å²) in [5.41, 5.74) is 6.13. The highest BCUT2D eigenvalue weighted by Gasteiger charge is 2.34. The second kappa shape index (κ2) is 7.54. The molecule has 0 aliphatic heterocycles. The van der Waals surface area contributed by atoms with Crippen molar-refractivity contribution in [1.29, 1.82) is 0 Å². The van der Waals surface area contributed by atoms with Crippen LogP contribution in [-0.2, 0) is 0 Å². The molecule has 0 bridgehead atoms. The van der Waals surface area contributed by atoms with Crippen molar-refractivity contribution in [2.45, 2.75) is 23.8 Å². The van der Waals surface area contributed by atoms with Gasteiger partial charge in [0.2, 0.25) is 3.79 Å². The van der Waals surface area contributed by atoms with Gasteiger partial charge in [0, 0.05) is 16.5 Å². The fraction of sp³-hybridized carbons (Fsp3) is 0.385. The highest BCUT2D eigenvalue weighted by atomic mass is 35.6. The Balaban J connectivity index is 2.94. The molecule has 8 heteroatoms. The number of carbonyl (C=O) groups is 1. The lowest BCUT2D eigenvalue weighted by atomic mass is 10.2. The van der Waals surface area contributed by atoms with Gasteiger partial charge in [0.05, 0.1) is 5.84 Å². The largest absolute Gasteiger partial charge is 0.387 e. The van der Waals surface area contributed by atoms with Gasteiger partial charge in [-0.1, -0.05) is 60.3 Å². The Morgan fingerprint density at radius 1 is 1.24 bits per heavy atom. The van der Waals surface area contributed by atoms with Crippen LogP contribution in [0.4, 0.5) is 0 Å². The summed E-state index contributed by atoms with van der Waals surface area (Å²) >= 11 is 23.3. The maximum Gasteiger partial charge on any atom is 0.253 e. The molecule has 1 rings (SSSR count). The minimum Gasteiger partial charge on any atom is -0.387 e. The van der Waals surface area contributed by atoms with Crippen molar-refractivity contribution < 1.29 is 4.79 Å². The lowest BCUT2D eigenvalue weighted by Gasteiger charge is -2.23. The zero-order valence-corrected chi connectivity index (χ0v) is 14.4. The van der Waals surface area contributed by atoms with Gasteiger partial charge in [-0.2, -0.15) is 0 Å². The van der Waals surface area contributed by atoms with Gasteiger partial charge < -0.3 is 11.1 Å². The summed E-state index contributed by atoms with van der Waals surface area (Å²) in [6, 6.07) is 6.30. The molecule has 3 N–H and O–H groups in total. The van der Waals surface area contributed by atoms with E-state index in [0.717, 1.165) is 0 Å². The molecule has 0 aliphatic rings. The predicted octanol–water partition coefficient (Wildman–Crippen LogP) is 3.78. The Morgan fingerprint density at radius 3 is 2.19 bits per heavy atom. The lowest BCUT2D eigenvalue weighted by molar-refractivity contribution is 0.0939. The molecule has 0 saturated heterocycles. The van der Waals surface area contributed by atoms with E-state index in [1.54, 1.807) is 24.3 Å². The minimum atomic E-state index is -1.82. The number of amides is 1. The van der Waals surface area contributed by atoms with Crippen molar-refractivity contribution in [2.24, 2.45) is 16.6 Å². The van der Waals surface area contributed by atoms with E-state index in [-0.39, 0.29) is 11.8 Å². The minimum absolute atomic E-state index is 0.0349. The first-order chi connectivity index (χ1) is 9.61. The zero-order chi connectivity index (χ0) is 16.2. The number of rotatable bonds is 4. The van der Waals surface area contributed by atoms with E-state index >= 15 is 0 Å². The number of nitrogens with zero attached hydrogens (tertiary/aromatic N) is 1. The van der Waals surface area contributed by atoms with E-state index in [2.05, 4.69) is 10.3 Å². The van der Waals surface area contributed by atoms with Gasteiger partial charge in [-0.3, -0.25) is 4.79 Å². The van der Waals surface area contributed by atoms with Crippen LogP contribution in [0, 0.1) is 5.92 Å². The normalized spacial score (nSPS) is 14.1. The third-order valence-corrected chi connectivity index (χ3v) is 3.43. The third-order valence-electron chi connectivity index (χ3n) is 2.55. The second-order valence-corrected chi connectivity index (χ2v) is 7.44. The first-order valence-electron chi connectivity index (χ1n) is 6.07. The van der Waals surface area contributed by atoms with Crippen molar-refractivity contribution >= 4 is 58.1 Å². The smallest absolute Gasteiger partial charge is 0.253 e. The Hall–Kier alpha value is -0.680. The molecule has 1 amide bonds. The number of benzene rings is 1. The summed E-state index contributed by atoms with van der Waals surface area (Å²) < 4.78 is -1.82. The van der Waals surface area contributed by atoms with Gasteiger partial charge in [-0.15, -0.1) is 0 Å². The van der Waals surface area contributed by atoms with E-state index in [9.17, 15) is 4.79 Å². The second-order valence-electron chi connectivity index (χ2n) is 4.63. The van der Waals surface area contributed by atoms with Crippen LogP contribution in [-0.4, -0.2) is 21.7 Å². The van der Waals surface area contributed by atoms with Gasteiger partial charge in [0.25, 0.3) is 5.91 Å². The Kier molecular flexibility index (Phi) is 6.60. The van der Waals surface area contributed by atoms with E-state index in [1.165, 1.54) is 0 Å². The number of nitrogens with two attached hydrogens (primary N) is 1. The van der Waals surface area contributed by atoms with Crippen LogP contribution in [0.1, 0.15) is 24.2 Å². The number of hydrogen-bond acceptors (Lipinski definition) is 2. The fourth-order valence-electron chi connectivity index (χ4n) is 1.29. The average Bonchev–Trinajstić information content (AvgIpc) is 2.37. The van der Waals surface area contributed by atoms with Gasteiger partial charge >= 0.3 is 0 Å². The van der Waals surface area contributed by atoms with Crippen LogP contribution in [0.15, 0.2) is 29.3 Å². The quantitative estimate of drug-likeness (QED) is 0.481. The molecule has 0 saturated carbocycles. The predicted molar refractivity (Wildman–Crippen MR) is 89.5 cm³/mol. The Labute approximate surface area is 143 Å². The molecule has 0 radical (unpaired) electrons. The zero-order valence-electron chi connectivity index (χ0n) is 11.4. The van der Waals surface area contributed by atoms with Crippen LogP contribution in [0.2, 0.25) is 5.02 Å². The standard InChI is InChI=1S/C13H15Cl4N3O/c1-7(2)10(18)19-12(13(15,16)17)20-11(21)8-3-5-9(14)6-4-8/h3-7,12H,1-2H3,(H2,18,19)(H,20,21)/t12-/m0/s1. The molecule has 0 fully saturated rings. The summed E-state index contributed by atoms with van der Waals surface area (Å²) in [6.45, 7) is 3.69. The van der Waals surface area contributed by atoms with E-state index < -0.39 is 15.9 Å². The molecular formula is C13H15Cl4N3O. The Morgan fingerprint density at radius 2 is 1.76 bits per heavy atom. The highest BCUT2D eigenvalue weighted by molar-refractivity contribution is 6.68. The van der Waals surface area contributed by atoms with Crippen LogP contribution < -0.4 is 11.1 Å². The molecule has 0 aliphatic carbocycles. The molecule has 1 aromatic carbocycles. The number of aliphatic imine (C=N–C) groups is 1. The summed E-state index contributed by atoms with van der Waals surface area (Å²) in [7, 11) is 0. The van der Waals surface area contributed by atoms with Gasteiger partial charge in [-0.25, -0.2) is 4.99 Å². The first-order valence-corrected chi connectivity index (χ1v) is 7.58. The molecule has 0 spiro atoms. The molecule has 1 atom stereocenters. The molecule has 116 valence electrons. The van der Waals surface area contributed by atoms with Crippen LogP contribution in [0.5, 0.6) is 0 Å². The lowest BCUT2D eigenvalue weighted by Crippen LogP contribution is -2.44. The van der Waals surface area contributed by atoms with Crippen molar-refractivity contribution in [2.75, 3.05) is 0 Å². The highest BCUT2D eigenvalue weighted by Crippen LogP contribution is 2.31. The first kappa shape index (κ1) is 18.4. The molecule has 21 heavy (non-hydrogen) atoms. The van der Waals surface area contributed by atoms with Crippen molar-refractivity contribution in [3.63, 3.8) is 0 Å². The Bertz CT molecular complexity index is 523. The number of amidine groups is 1. The monoisotopic (exact) mass is 369 g/mol. The summed E-state index contributed by atoms with van der Waals surface area (Å²) in [4.78, 5) is 16.2. The number of hydrogen-bond donors (Lipinski definition) is 2. The maximum absolute atomic E-state index is 12.1. The SMILES string of the molecule is CC(C)C(N)=N[C@@H](NC(=O)c1ccc(Cl)cc1)C(Cl)(Cl)Cl. The number of halogens is 4. The van der Waals surface area contributed by atoms with Gasteiger partial charge in [0.1, 0.15) is 0 Å². The van der Waals surface area contributed by atoms with E-state index in [0.29, 0.717) is 10.6 Å². The van der Waals surface area contributed by atoms with Crippen LogP contribution >= 0.6 is 46.4 Å². The van der Waals surface area contributed by atoms with E-state index in [4.69, 9.17) is 52.1 Å². The van der Waals surface area contributed by atoms with Gasteiger partial charge in [-0.05, 0) is 24.3 Å². The fourth-order valence-corrected chi connectivity index (χ4v) is 1.73. The number of nitrogens with one attached hydrogen (secondary N) is 1. The third kappa shape index (κ3) is 5.91. The summed E-state index contributed by atoms with van der Waals surface area (Å²) in [6.07, 6.45) is -1.09. The molecule has 0 heterocycles. The molecule has 0 unspecified atom stereocenters. The maximum atomic E-state index is 12.1. The van der Waals surface area contributed by atoms with Crippen LogP contribution in [0.25, 0.3) is 0 Å². The summed E-state index contributed by atoms with van der Waals surface area (Å²) in [5, 5.41) is 3.05. The van der Waals surface area contributed by atoms with Crippen molar-refractivity contribution in [3.8, 4) is 0 Å². The average molecular weight is 371 g/mol. The number of carbonyl (C=O) groups excluding carboxylic acids is 1. The van der Waals surface area contributed by atoms with Crippen molar-refractivity contribution in [3.05, 3.63) is 34.9 Å². The topological polar surface area (TPSA) is 67.5 Å². The van der Waals surface area contributed by atoms with Crippen molar-refractivity contribution in [1.82, 2.24) is 5.32 Å². The molecular weight excluding hydrogens is 356 g/mol. The molecule has 1 aromatic rings. The molecule has 0 aromatic heterocycles. The molecule has 4 nitrogen and oxygen atoms in total. The summed E-state index contributed by atoms with van der Waals surface area (Å²) in [5.74, 6) is -0.196. The number of alkyl halides is 3. The van der Waals surface area contributed by atoms with Crippen LogP contribution in [0.3, 0.4) is 0 Å². The van der Waals surface area contributed by atoms with E-state index in [1.807, 2.05) is 13.8 Å².